The first kappa shape index (κ1) is 17.8. The van der Waals surface area contributed by atoms with Gasteiger partial charge in [0.05, 0.1) is 10.6 Å². The number of piperidine rings is 1. The number of hydrogen-bond donors (Lipinski definition) is 0. The number of anilines is 2. The third-order valence-electron chi connectivity index (χ3n) is 5.27. The van der Waals surface area contributed by atoms with Crippen LogP contribution in [0.3, 0.4) is 0 Å². The molecular formula is C21H22N2O3S. The molecule has 0 radical (unpaired) electrons. The van der Waals surface area contributed by atoms with Crippen LogP contribution in [0.25, 0.3) is 0 Å². The lowest BCUT2D eigenvalue weighted by Crippen LogP contribution is -2.41. The molecule has 2 aromatic rings. The van der Waals surface area contributed by atoms with Gasteiger partial charge in [-0.15, -0.1) is 0 Å². The van der Waals surface area contributed by atoms with E-state index in [0.717, 1.165) is 18.5 Å². The number of para-hydroxylation sites is 2. The van der Waals surface area contributed by atoms with Crippen LogP contribution in [-0.2, 0) is 14.6 Å². The number of carbonyl (C=O) groups excluding carboxylic acids is 1. The first-order chi connectivity index (χ1) is 13.0. The van der Waals surface area contributed by atoms with Crippen LogP contribution in [0.4, 0.5) is 11.4 Å². The molecule has 4 rings (SSSR count). The molecule has 2 aliphatic rings. The van der Waals surface area contributed by atoms with Gasteiger partial charge in [-0.05, 0) is 43.0 Å². The minimum atomic E-state index is -3.86. The number of rotatable bonds is 2. The van der Waals surface area contributed by atoms with Crippen molar-refractivity contribution in [1.29, 1.82) is 0 Å². The molecule has 0 spiro atoms. The Kier molecular flexibility index (Phi) is 4.52. The van der Waals surface area contributed by atoms with E-state index in [1.54, 1.807) is 34.1 Å². The summed E-state index contributed by atoms with van der Waals surface area (Å²) in [7, 11) is -3.86. The van der Waals surface area contributed by atoms with Crippen molar-refractivity contribution < 1.29 is 13.2 Å². The Labute approximate surface area is 159 Å². The normalized spacial score (nSPS) is 19.4. The van der Waals surface area contributed by atoms with E-state index in [9.17, 15) is 13.2 Å². The van der Waals surface area contributed by atoms with Crippen LogP contribution in [0.5, 0.6) is 0 Å². The number of fused-ring (bicyclic) bond motifs is 1. The van der Waals surface area contributed by atoms with Crippen molar-refractivity contribution in [3.8, 4) is 0 Å². The van der Waals surface area contributed by atoms with E-state index in [0.29, 0.717) is 24.7 Å². The van der Waals surface area contributed by atoms with Crippen LogP contribution in [0.15, 0.2) is 70.6 Å². The highest BCUT2D eigenvalue weighted by Gasteiger charge is 2.38. The average Bonchev–Trinajstić information content (AvgIpc) is 2.69. The maximum absolute atomic E-state index is 13.2. The predicted octanol–water partition coefficient (Wildman–Crippen LogP) is 3.71. The summed E-state index contributed by atoms with van der Waals surface area (Å²) in [6, 6.07) is 16.3. The first-order valence-electron chi connectivity index (χ1n) is 9.18. The third-order valence-corrected chi connectivity index (χ3v) is 7.05. The Morgan fingerprint density at radius 1 is 0.963 bits per heavy atom. The fraction of sp³-hybridized carbons (Fsp3) is 0.286. The minimum absolute atomic E-state index is 0.153. The summed E-state index contributed by atoms with van der Waals surface area (Å²) in [5, 5.41) is 0. The van der Waals surface area contributed by atoms with Gasteiger partial charge in [-0.1, -0.05) is 37.3 Å². The third kappa shape index (κ3) is 3.14. The average molecular weight is 382 g/mol. The lowest BCUT2D eigenvalue weighted by molar-refractivity contribution is -0.127. The van der Waals surface area contributed by atoms with Gasteiger partial charge in [-0.3, -0.25) is 4.79 Å². The molecule has 0 atom stereocenters. The van der Waals surface area contributed by atoms with Crippen molar-refractivity contribution in [2.45, 2.75) is 24.7 Å². The van der Waals surface area contributed by atoms with Crippen LogP contribution in [0.1, 0.15) is 19.8 Å². The SMILES string of the molecule is CC1CCN(C(=O)C2=CN(c3ccccc3)c3ccccc3S2(=O)=O)CC1. The molecule has 0 unspecified atom stereocenters. The molecule has 0 aliphatic carbocycles. The Morgan fingerprint density at radius 3 is 2.30 bits per heavy atom. The number of benzene rings is 2. The van der Waals surface area contributed by atoms with Gasteiger partial charge in [0.2, 0.25) is 9.84 Å². The second-order valence-corrected chi connectivity index (χ2v) is 9.03. The summed E-state index contributed by atoms with van der Waals surface area (Å²) in [5.41, 5.74) is 1.38. The highest BCUT2D eigenvalue weighted by atomic mass is 32.2. The van der Waals surface area contributed by atoms with Crippen molar-refractivity contribution in [3.63, 3.8) is 0 Å². The van der Waals surface area contributed by atoms with Gasteiger partial charge in [0.1, 0.15) is 0 Å². The summed E-state index contributed by atoms with van der Waals surface area (Å²) in [6.07, 6.45) is 3.28. The van der Waals surface area contributed by atoms with E-state index < -0.39 is 15.7 Å². The Balaban J connectivity index is 1.81. The molecule has 1 fully saturated rings. The maximum Gasteiger partial charge on any atom is 0.267 e. The first-order valence-corrected chi connectivity index (χ1v) is 10.7. The van der Waals surface area contributed by atoms with Gasteiger partial charge >= 0.3 is 0 Å². The molecule has 1 saturated heterocycles. The molecule has 0 aromatic heterocycles. The molecule has 2 aromatic carbocycles. The van der Waals surface area contributed by atoms with E-state index in [2.05, 4.69) is 6.92 Å². The number of amides is 1. The Bertz CT molecular complexity index is 991. The zero-order chi connectivity index (χ0) is 19.0. The number of sulfone groups is 1. The predicted molar refractivity (Wildman–Crippen MR) is 105 cm³/mol. The fourth-order valence-corrected chi connectivity index (χ4v) is 5.14. The van der Waals surface area contributed by atoms with Gasteiger partial charge in [0, 0.05) is 25.0 Å². The maximum atomic E-state index is 13.2. The van der Waals surface area contributed by atoms with Gasteiger partial charge in [0.15, 0.2) is 4.91 Å². The van der Waals surface area contributed by atoms with E-state index in [-0.39, 0.29) is 9.80 Å². The highest BCUT2D eigenvalue weighted by molar-refractivity contribution is 7.96. The molecule has 2 aliphatic heterocycles. The molecule has 1 amide bonds. The Morgan fingerprint density at radius 2 is 1.59 bits per heavy atom. The quantitative estimate of drug-likeness (QED) is 0.794. The molecular weight excluding hydrogens is 360 g/mol. The molecule has 0 N–H and O–H groups in total. The van der Waals surface area contributed by atoms with Crippen molar-refractivity contribution in [2.24, 2.45) is 5.92 Å². The van der Waals surface area contributed by atoms with Crippen LogP contribution >= 0.6 is 0 Å². The summed E-state index contributed by atoms with van der Waals surface area (Å²) >= 11 is 0. The van der Waals surface area contributed by atoms with E-state index >= 15 is 0 Å². The van der Waals surface area contributed by atoms with Crippen molar-refractivity contribution in [3.05, 3.63) is 65.7 Å². The standard InChI is InChI=1S/C21H22N2O3S/c1-16-11-13-22(14-12-16)21(24)20-15-23(17-7-3-2-4-8-17)18-9-5-6-10-19(18)27(20,25)26/h2-10,15-16H,11-14H2,1H3. The number of likely N-dealkylation sites (tertiary alicyclic amines) is 1. The van der Waals surface area contributed by atoms with Crippen LogP contribution in [0, 0.1) is 5.92 Å². The van der Waals surface area contributed by atoms with Gasteiger partial charge in [-0.2, -0.15) is 0 Å². The van der Waals surface area contributed by atoms with Crippen molar-refractivity contribution in [1.82, 2.24) is 4.90 Å². The van der Waals surface area contributed by atoms with E-state index in [1.807, 2.05) is 30.3 Å². The topological polar surface area (TPSA) is 57.7 Å². The summed E-state index contributed by atoms with van der Waals surface area (Å²) < 4.78 is 26.4. The number of carbonyl (C=O) groups is 1. The monoisotopic (exact) mass is 382 g/mol. The smallest absolute Gasteiger partial charge is 0.267 e. The van der Waals surface area contributed by atoms with Gasteiger partial charge in [-0.25, -0.2) is 8.42 Å². The molecule has 27 heavy (non-hydrogen) atoms. The van der Waals surface area contributed by atoms with Crippen molar-refractivity contribution >= 4 is 27.1 Å². The minimum Gasteiger partial charge on any atom is -0.338 e. The van der Waals surface area contributed by atoms with E-state index in [1.165, 1.54) is 6.20 Å². The molecule has 6 heteroatoms. The molecule has 140 valence electrons. The molecule has 5 nitrogen and oxygen atoms in total. The zero-order valence-corrected chi connectivity index (χ0v) is 16.0. The molecule has 2 heterocycles. The van der Waals surface area contributed by atoms with Crippen LogP contribution in [0.2, 0.25) is 0 Å². The summed E-state index contributed by atoms with van der Waals surface area (Å²) in [4.78, 5) is 16.6. The number of nitrogens with zero attached hydrogens (tertiary/aromatic N) is 2. The Hall–Kier alpha value is -2.60. The molecule has 0 saturated carbocycles. The highest BCUT2D eigenvalue weighted by Crippen LogP contribution is 2.40. The van der Waals surface area contributed by atoms with Crippen molar-refractivity contribution in [2.75, 3.05) is 18.0 Å². The van der Waals surface area contributed by atoms with Gasteiger partial charge in [0.25, 0.3) is 5.91 Å². The fourth-order valence-electron chi connectivity index (χ4n) is 3.60. The van der Waals surface area contributed by atoms with Crippen LogP contribution in [-0.4, -0.2) is 32.3 Å². The second kappa shape index (κ2) is 6.85. The number of hydrogen-bond acceptors (Lipinski definition) is 4. The molecule has 0 bridgehead atoms. The second-order valence-electron chi connectivity index (χ2n) is 7.14. The lowest BCUT2D eigenvalue weighted by Gasteiger charge is -2.33. The zero-order valence-electron chi connectivity index (χ0n) is 15.2. The van der Waals surface area contributed by atoms with Crippen LogP contribution < -0.4 is 4.90 Å². The summed E-state index contributed by atoms with van der Waals surface area (Å²) in [5.74, 6) is 0.157. The van der Waals surface area contributed by atoms with Gasteiger partial charge < -0.3 is 9.80 Å². The lowest BCUT2D eigenvalue weighted by atomic mass is 9.99. The summed E-state index contributed by atoms with van der Waals surface area (Å²) in [6.45, 7) is 3.35. The van der Waals surface area contributed by atoms with E-state index in [4.69, 9.17) is 0 Å². The largest absolute Gasteiger partial charge is 0.338 e.